The summed E-state index contributed by atoms with van der Waals surface area (Å²) in [5.41, 5.74) is 0. The Morgan fingerprint density at radius 3 is 2.63 bits per heavy atom. The van der Waals surface area contributed by atoms with E-state index in [1.807, 2.05) is 6.92 Å². The lowest BCUT2D eigenvalue weighted by atomic mass is 9.86. The first-order valence-electron chi connectivity index (χ1n) is 7.36. The van der Waals surface area contributed by atoms with Crippen molar-refractivity contribution in [3.63, 3.8) is 0 Å². The predicted octanol–water partition coefficient (Wildman–Crippen LogP) is 2.46. The van der Waals surface area contributed by atoms with Gasteiger partial charge in [-0.3, -0.25) is 4.79 Å². The molecule has 2 atom stereocenters. The first-order valence-corrected chi connectivity index (χ1v) is 7.36. The van der Waals surface area contributed by atoms with E-state index in [0.29, 0.717) is 13.0 Å². The number of urea groups is 1. The van der Waals surface area contributed by atoms with Crippen LogP contribution in [0.5, 0.6) is 0 Å². The summed E-state index contributed by atoms with van der Waals surface area (Å²) in [7, 11) is 0. The molecule has 0 heterocycles. The van der Waals surface area contributed by atoms with E-state index in [1.54, 1.807) is 4.90 Å². The number of unbranched alkanes of at least 4 members (excludes halogenated alkanes) is 1. The van der Waals surface area contributed by atoms with Crippen molar-refractivity contribution < 1.29 is 14.7 Å². The highest BCUT2D eigenvalue weighted by molar-refractivity contribution is 5.75. The standard InChI is InChI=1S/C14H26N2O3/c1-3-5-9-16(4-2)14(19)15-12-8-6-7-11(10-12)13(17)18/h11-12H,3-10H2,1-2H3,(H,15,19)(H,17,18). The largest absolute Gasteiger partial charge is 0.481 e. The molecule has 1 aliphatic rings. The first kappa shape index (κ1) is 15.8. The number of carbonyl (C=O) groups excluding carboxylic acids is 1. The van der Waals surface area contributed by atoms with Crippen LogP contribution in [0.4, 0.5) is 4.79 Å². The Labute approximate surface area is 115 Å². The van der Waals surface area contributed by atoms with Gasteiger partial charge in [0, 0.05) is 19.1 Å². The molecule has 2 unspecified atom stereocenters. The molecule has 5 heteroatoms. The molecule has 1 saturated carbocycles. The summed E-state index contributed by atoms with van der Waals surface area (Å²) >= 11 is 0. The Bertz CT molecular complexity index is 307. The molecule has 0 spiro atoms. The molecule has 1 aliphatic carbocycles. The van der Waals surface area contributed by atoms with Gasteiger partial charge in [0.15, 0.2) is 0 Å². The molecule has 0 aliphatic heterocycles. The zero-order valence-corrected chi connectivity index (χ0v) is 12.0. The highest BCUT2D eigenvalue weighted by Crippen LogP contribution is 2.24. The van der Waals surface area contributed by atoms with Crippen LogP contribution < -0.4 is 5.32 Å². The van der Waals surface area contributed by atoms with Crippen molar-refractivity contribution in [2.45, 2.75) is 58.4 Å². The van der Waals surface area contributed by atoms with Crippen LogP contribution in [0.15, 0.2) is 0 Å². The van der Waals surface area contributed by atoms with Gasteiger partial charge in [-0.05, 0) is 32.6 Å². The van der Waals surface area contributed by atoms with Gasteiger partial charge in [-0.1, -0.05) is 19.8 Å². The number of carbonyl (C=O) groups is 2. The molecule has 2 N–H and O–H groups in total. The van der Waals surface area contributed by atoms with E-state index in [0.717, 1.165) is 38.6 Å². The fourth-order valence-corrected chi connectivity index (χ4v) is 2.56. The maximum Gasteiger partial charge on any atom is 0.317 e. The van der Waals surface area contributed by atoms with Crippen molar-refractivity contribution >= 4 is 12.0 Å². The molecule has 1 fully saturated rings. The number of hydrogen-bond donors (Lipinski definition) is 2. The fourth-order valence-electron chi connectivity index (χ4n) is 2.56. The molecule has 110 valence electrons. The van der Waals surface area contributed by atoms with Gasteiger partial charge in [-0.15, -0.1) is 0 Å². The van der Waals surface area contributed by atoms with Crippen molar-refractivity contribution in [2.75, 3.05) is 13.1 Å². The molecule has 0 bridgehead atoms. The van der Waals surface area contributed by atoms with Crippen LogP contribution in [0.25, 0.3) is 0 Å². The maximum atomic E-state index is 12.1. The van der Waals surface area contributed by atoms with Crippen molar-refractivity contribution in [3.8, 4) is 0 Å². The summed E-state index contributed by atoms with van der Waals surface area (Å²) in [5.74, 6) is -1.04. The minimum Gasteiger partial charge on any atom is -0.481 e. The lowest BCUT2D eigenvalue weighted by Crippen LogP contribution is -2.47. The van der Waals surface area contributed by atoms with E-state index in [9.17, 15) is 9.59 Å². The molecule has 0 aromatic carbocycles. The van der Waals surface area contributed by atoms with Gasteiger partial charge in [0.2, 0.25) is 0 Å². The van der Waals surface area contributed by atoms with Crippen LogP contribution in [0.2, 0.25) is 0 Å². The van der Waals surface area contributed by atoms with E-state index in [2.05, 4.69) is 12.2 Å². The number of aliphatic carboxylic acids is 1. The number of hydrogen-bond acceptors (Lipinski definition) is 2. The van der Waals surface area contributed by atoms with Crippen LogP contribution in [0, 0.1) is 5.92 Å². The minimum atomic E-state index is -0.739. The number of rotatable bonds is 6. The smallest absolute Gasteiger partial charge is 0.317 e. The Hall–Kier alpha value is -1.26. The fraction of sp³-hybridized carbons (Fsp3) is 0.857. The van der Waals surface area contributed by atoms with E-state index in [1.165, 1.54) is 0 Å². The number of amides is 2. The summed E-state index contributed by atoms with van der Waals surface area (Å²) in [4.78, 5) is 24.9. The Kier molecular flexibility index (Phi) is 6.67. The topological polar surface area (TPSA) is 69.6 Å². The summed E-state index contributed by atoms with van der Waals surface area (Å²) in [6.07, 6.45) is 5.13. The number of carboxylic acids is 1. The molecular formula is C14H26N2O3. The minimum absolute atomic E-state index is 0.0121. The van der Waals surface area contributed by atoms with Gasteiger partial charge >= 0.3 is 12.0 Å². The Morgan fingerprint density at radius 2 is 2.05 bits per heavy atom. The van der Waals surface area contributed by atoms with Crippen molar-refractivity contribution in [2.24, 2.45) is 5.92 Å². The zero-order chi connectivity index (χ0) is 14.3. The van der Waals surface area contributed by atoms with Gasteiger partial charge in [0.25, 0.3) is 0 Å². The molecular weight excluding hydrogens is 244 g/mol. The van der Waals surface area contributed by atoms with Crippen LogP contribution in [-0.4, -0.2) is 41.1 Å². The van der Waals surface area contributed by atoms with E-state index < -0.39 is 5.97 Å². The quantitative estimate of drug-likeness (QED) is 0.779. The van der Waals surface area contributed by atoms with Crippen molar-refractivity contribution in [1.29, 1.82) is 0 Å². The highest BCUT2D eigenvalue weighted by Gasteiger charge is 2.28. The Balaban J connectivity index is 2.43. The third-order valence-electron chi connectivity index (χ3n) is 3.80. The summed E-state index contributed by atoms with van der Waals surface area (Å²) in [5, 5.41) is 12.0. The van der Waals surface area contributed by atoms with Gasteiger partial charge in [0.1, 0.15) is 0 Å². The van der Waals surface area contributed by atoms with Gasteiger partial charge in [0.05, 0.1) is 5.92 Å². The van der Waals surface area contributed by atoms with Crippen LogP contribution in [0.3, 0.4) is 0 Å². The second-order valence-electron chi connectivity index (χ2n) is 5.28. The first-order chi connectivity index (χ1) is 9.08. The molecule has 0 aromatic heterocycles. The average molecular weight is 270 g/mol. The molecule has 5 nitrogen and oxygen atoms in total. The maximum absolute atomic E-state index is 12.1. The third kappa shape index (κ3) is 5.09. The second-order valence-corrected chi connectivity index (χ2v) is 5.28. The van der Waals surface area contributed by atoms with E-state index >= 15 is 0 Å². The molecule has 0 aromatic rings. The van der Waals surface area contributed by atoms with Crippen LogP contribution in [0.1, 0.15) is 52.4 Å². The van der Waals surface area contributed by atoms with Crippen LogP contribution >= 0.6 is 0 Å². The summed E-state index contributed by atoms with van der Waals surface area (Å²) < 4.78 is 0. The van der Waals surface area contributed by atoms with Crippen molar-refractivity contribution in [3.05, 3.63) is 0 Å². The molecule has 1 rings (SSSR count). The lowest BCUT2D eigenvalue weighted by Gasteiger charge is -2.30. The van der Waals surface area contributed by atoms with E-state index in [-0.39, 0.29) is 18.0 Å². The Morgan fingerprint density at radius 1 is 1.32 bits per heavy atom. The van der Waals surface area contributed by atoms with Gasteiger partial charge in [-0.25, -0.2) is 4.79 Å². The van der Waals surface area contributed by atoms with E-state index in [4.69, 9.17) is 5.11 Å². The lowest BCUT2D eigenvalue weighted by molar-refractivity contribution is -0.143. The SMILES string of the molecule is CCCCN(CC)C(=O)NC1CCCC(C(=O)O)C1. The number of carboxylic acid groups (broad SMARTS) is 1. The predicted molar refractivity (Wildman–Crippen MR) is 74.1 cm³/mol. The normalized spacial score (nSPS) is 22.8. The van der Waals surface area contributed by atoms with Crippen LogP contribution in [-0.2, 0) is 4.79 Å². The summed E-state index contributed by atoms with van der Waals surface area (Å²) in [6.45, 7) is 5.54. The number of nitrogens with zero attached hydrogens (tertiary/aromatic N) is 1. The van der Waals surface area contributed by atoms with Crippen molar-refractivity contribution in [1.82, 2.24) is 10.2 Å². The summed E-state index contributed by atoms with van der Waals surface area (Å²) in [6, 6.07) is -0.0370. The average Bonchev–Trinajstić information content (AvgIpc) is 2.40. The second kappa shape index (κ2) is 8.02. The monoisotopic (exact) mass is 270 g/mol. The van der Waals surface area contributed by atoms with Gasteiger partial charge < -0.3 is 15.3 Å². The molecule has 19 heavy (non-hydrogen) atoms. The van der Waals surface area contributed by atoms with Gasteiger partial charge in [-0.2, -0.15) is 0 Å². The number of nitrogens with one attached hydrogen (secondary N) is 1. The third-order valence-corrected chi connectivity index (χ3v) is 3.80. The molecule has 2 amide bonds. The molecule has 0 radical (unpaired) electrons. The molecule has 0 saturated heterocycles. The highest BCUT2D eigenvalue weighted by atomic mass is 16.4. The zero-order valence-electron chi connectivity index (χ0n) is 12.0.